The minimum atomic E-state index is -0.440. The second-order valence-corrected chi connectivity index (χ2v) is 4.93. The third kappa shape index (κ3) is 2.23. The molecule has 4 nitrogen and oxygen atoms in total. The molecule has 2 heterocycles. The van der Waals surface area contributed by atoms with E-state index < -0.39 is 5.66 Å². The Bertz CT molecular complexity index is 304. The van der Waals surface area contributed by atoms with E-state index in [4.69, 9.17) is 11.5 Å². The summed E-state index contributed by atoms with van der Waals surface area (Å²) in [6, 6.07) is 0. The minimum Gasteiger partial charge on any atom is -0.398 e. The lowest BCUT2D eigenvalue weighted by Crippen LogP contribution is -2.58. The van der Waals surface area contributed by atoms with Crippen LogP contribution in [-0.4, -0.2) is 18.8 Å². The van der Waals surface area contributed by atoms with Crippen molar-refractivity contribution in [1.29, 1.82) is 0 Å². The van der Waals surface area contributed by atoms with Gasteiger partial charge in [0.15, 0.2) is 0 Å². The van der Waals surface area contributed by atoms with E-state index in [0.717, 1.165) is 18.8 Å². The normalized spacial score (nSPS) is 33.0. The quantitative estimate of drug-likeness (QED) is 0.540. The molecule has 0 spiro atoms. The molecule has 6 N–H and O–H groups in total. The Labute approximate surface area is 97.1 Å². The monoisotopic (exact) mass is 222 g/mol. The van der Waals surface area contributed by atoms with Gasteiger partial charge in [0.1, 0.15) is 5.66 Å². The minimum absolute atomic E-state index is 0.412. The second-order valence-electron chi connectivity index (χ2n) is 4.93. The van der Waals surface area contributed by atoms with Crippen molar-refractivity contribution in [2.45, 2.75) is 25.4 Å². The summed E-state index contributed by atoms with van der Waals surface area (Å²) in [7, 11) is 0. The molecule has 2 unspecified atom stereocenters. The van der Waals surface area contributed by atoms with E-state index in [2.05, 4.69) is 17.6 Å². The van der Waals surface area contributed by atoms with Gasteiger partial charge < -0.3 is 22.1 Å². The Balaban J connectivity index is 2.03. The molecular weight excluding hydrogens is 200 g/mol. The maximum atomic E-state index is 6.38. The molecule has 2 aliphatic rings. The molecule has 1 fully saturated rings. The molecule has 0 bridgehead atoms. The van der Waals surface area contributed by atoms with E-state index in [1.165, 1.54) is 12.8 Å². The lowest BCUT2D eigenvalue weighted by molar-refractivity contribution is 0.185. The number of piperidine rings is 1. The van der Waals surface area contributed by atoms with Gasteiger partial charge >= 0.3 is 0 Å². The molecule has 1 saturated heterocycles. The lowest BCUT2D eigenvalue weighted by atomic mass is 9.77. The standard InChI is InChI=1S/C12H22N4/c1-9(10-3-6-15-7-4-10)12(14)5-2-11(13)8-16-12/h2,5,8-10,15-16H,3-4,6-7,13-14H2,1H3. The largest absolute Gasteiger partial charge is 0.398 e. The molecule has 2 atom stereocenters. The molecule has 0 aromatic carbocycles. The zero-order valence-corrected chi connectivity index (χ0v) is 9.87. The van der Waals surface area contributed by atoms with Gasteiger partial charge in [-0.05, 0) is 49.9 Å². The maximum absolute atomic E-state index is 6.38. The molecule has 2 rings (SSSR count). The number of nitrogens with one attached hydrogen (secondary N) is 2. The van der Waals surface area contributed by atoms with Crippen LogP contribution in [0.15, 0.2) is 24.0 Å². The lowest BCUT2D eigenvalue weighted by Gasteiger charge is -2.41. The Morgan fingerprint density at radius 3 is 2.69 bits per heavy atom. The number of dihydropyridines is 1. The van der Waals surface area contributed by atoms with E-state index in [1.54, 1.807) is 6.20 Å². The SMILES string of the molecule is CC(C1CCNCC1)C1(N)C=CC(N)=CN1. The Morgan fingerprint density at radius 2 is 2.12 bits per heavy atom. The predicted molar refractivity (Wildman–Crippen MR) is 66.2 cm³/mol. The molecule has 4 heteroatoms. The van der Waals surface area contributed by atoms with Crippen molar-refractivity contribution in [3.63, 3.8) is 0 Å². The summed E-state index contributed by atoms with van der Waals surface area (Å²) in [6.45, 7) is 4.43. The van der Waals surface area contributed by atoms with Gasteiger partial charge in [-0.1, -0.05) is 6.92 Å². The van der Waals surface area contributed by atoms with Crippen LogP contribution < -0.4 is 22.1 Å². The van der Waals surface area contributed by atoms with Crippen molar-refractivity contribution >= 4 is 0 Å². The van der Waals surface area contributed by atoms with Crippen LogP contribution in [0.3, 0.4) is 0 Å². The van der Waals surface area contributed by atoms with Crippen LogP contribution in [0.2, 0.25) is 0 Å². The van der Waals surface area contributed by atoms with Gasteiger partial charge in [-0.2, -0.15) is 0 Å². The fraction of sp³-hybridized carbons (Fsp3) is 0.667. The smallest absolute Gasteiger partial charge is 0.108 e. The zero-order valence-electron chi connectivity index (χ0n) is 9.87. The van der Waals surface area contributed by atoms with E-state index in [0.29, 0.717) is 11.8 Å². The van der Waals surface area contributed by atoms with Crippen molar-refractivity contribution in [3.8, 4) is 0 Å². The van der Waals surface area contributed by atoms with Crippen molar-refractivity contribution in [1.82, 2.24) is 10.6 Å². The zero-order chi connectivity index (χ0) is 11.6. The van der Waals surface area contributed by atoms with E-state index in [9.17, 15) is 0 Å². The molecule has 16 heavy (non-hydrogen) atoms. The van der Waals surface area contributed by atoms with Gasteiger partial charge in [-0.3, -0.25) is 0 Å². The highest BCUT2D eigenvalue weighted by Gasteiger charge is 2.35. The molecule has 90 valence electrons. The van der Waals surface area contributed by atoms with Crippen molar-refractivity contribution in [3.05, 3.63) is 24.0 Å². The van der Waals surface area contributed by atoms with Gasteiger partial charge in [0.2, 0.25) is 0 Å². The van der Waals surface area contributed by atoms with Crippen LogP contribution in [0.5, 0.6) is 0 Å². The molecule has 0 amide bonds. The van der Waals surface area contributed by atoms with Crippen LogP contribution in [0.1, 0.15) is 19.8 Å². The average molecular weight is 222 g/mol. The van der Waals surface area contributed by atoms with Crippen molar-refractivity contribution in [2.75, 3.05) is 13.1 Å². The molecule has 0 aliphatic carbocycles. The predicted octanol–water partition coefficient (Wildman–Crippen LogP) is 0.237. The second kappa shape index (κ2) is 4.47. The Hall–Kier alpha value is -1.00. The highest BCUT2D eigenvalue weighted by molar-refractivity contribution is 5.25. The number of hydrogen-bond donors (Lipinski definition) is 4. The van der Waals surface area contributed by atoms with Crippen LogP contribution in [0.25, 0.3) is 0 Å². The van der Waals surface area contributed by atoms with Gasteiger partial charge in [-0.15, -0.1) is 0 Å². The van der Waals surface area contributed by atoms with Gasteiger partial charge in [0.25, 0.3) is 0 Å². The highest BCUT2D eigenvalue weighted by atomic mass is 15.1. The average Bonchev–Trinajstić information content (AvgIpc) is 2.33. The van der Waals surface area contributed by atoms with E-state index in [-0.39, 0.29) is 0 Å². The summed E-state index contributed by atoms with van der Waals surface area (Å²) in [5, 5.41) is 6.61. The molecule has 0 aromatic heterocycles. The fourth-order valence-electron chi connectivity index (χ4n) is 2.56. The summed E-state index contributed by atoms with van der Waals surface area (Å²) in [4.78, 5) is 0. The number of allylic oxidation sites excluding steroid dienone is 1. The first-order valence-electron chi connectivity index (χ1n) is 6.04. The van der Waals surface area contributed by atoms with Crippen LogP contribution in [-0.2, 0) is 0 Å². The first-order valence-corrected chi connectivity index (χ1v) is 6.04. The first kappa shape index (κ1) is 11.5. The Kier molecular flexibility index (Phi) is 3.21. The van der Waals surface area contributed by atoms with Crippen LogP contribution >= 0.6 is 0 Å². The van der Waals surface area contributed by atoms with Crippen LogP contribution in [0.4, 0.5) is 0 Å². The van der Waals surface area contributed by atoms with E-state index >= 15 is 0 Å². The van der Waals surface area contributed by atoms with E-state index in [1.807, 2.05) is 12.2 Å². The van der Waals surface area contributed by atoms with Crippen molar-refractivity contribution in [2.24, 2.45) is 23.3 Å². The first-order chi connectivity index (χ1) is 7.62. The number of rotatable bonds is 2. The number of hydrogen-bond acceptors (Lipinski definition) is 4. The van der Waals surface area contributed by atoms with Gasteiger partial charge in [0, 0.05) is 11.9 Å². The summed E-state index contributed by atoms with van der Waals surface area (Å²) in [5.41, 5.74) is 12.4. The molecule has 0 saturated carbocycles. The summed E-state index contributed by atoms with van der Waals surface area (Å²) >= 11 is 0. The summed E-state index contributed by atoms with van der Waals surface area (Å²) in [6.07, 6.45) is 8.10. The Morgan fingerprint density at radius 1 is 1.44 bits per heavy atom. The topological polar surface area (TPSA) is 76.1 Å². The molecule has 0 radical (unpaired) electrons. The maximum Gasteiger partial charge on any atom is 0.108 e. The third-order valence-electron chi connectivity index (χ3n) is 3.88. The van der Waals surface area contributed by atoms with Crippen molar-refractivity contribution < 1.29 is 0 Å². The molecular formula is C12H22N4. The summed E-state index contributed by atoms with van der Waals surface area (Å²) < 4.78 is 0. The highest BCUT2D eigenvalue weighted by Crippen LogP contribution is 2.30. The van der Waals surface area contributed by atoms with Crippen LogP contribution in [0, 0.1) is 11.8 Å². The number of nitrogens with two attached hydrogens (primary N) is 2. The molecule has 2 aliphatic heterocycles. The fourth-order valence-corrected chi connectivity index (χ4v) is 2.56. The van der Waals surface area contributed by atoms with Gasteiger partial charge in [-0.25, -0.2) is 0 Å². The van der Waals surface area contributed by atoms with Gasteiger partial charge in [0.05, 0.1) is 0 Å². The third-order valence-corrected chi connectivity index (χ3v) is 3.88. The molecule has 0 aromatic rings. The summed E-state index contributed by atoms with van der Waals surface area (Å²) in [5.74, 6) is 1.09.